The fraction of sp³-hybridized carbons (Fsp3) is 0.125. The first-order valence-electron chi connectivity index (χ1n) is 10.3. The second kappa shape index (κ2) is 9.36. The van der Waals surface area contributed by atoms with E-state index < -0.39 is 22.5 Å². The molecule has 0 radical (unpaired) electrons. The maximum absolute atomic E-state index is 13.4. The normalized spacial score (nSPS) is 11.7. The van der Waals surface area contributed by atoms with Crippen molar-refractivity contribution >= 4 is 38.2 Å². The summed E-state index contributed by atoms with van der Waals surface area (Å²) < 4.78 is 34.3. The van der Waals surface area contributed by atoms with Crippen LogP contribution in [0.3, 0.4) is 0 Å². The molecule has 174 valence electrons. The second-order valence-corrected chi connectivity index (χ2v) is 9.23. The van der Waals surface area contributed by atoms with Gasteiger partial charge in [0.2, 0.25) is 5.88 Å². The van der Waals surface area contributed by atoms with Gasteiger partial charge >= 0.3 is 0 Å². The van der Waals surface area contributed by atoms with Crippen molar-refractivity contribution < 1.29 is 23.1 Å². The number of amides is 1. The van der Waals surface area contributed by atoms with Crippen LogP contribution in [0.5, 0.6) is 11.6 Å². The van der Waals surface area contributed by atoms with Gasteiger partial charge in [0.1, 0.15) is 12.3 Å². The molecule has 10 heteroatoms. The number of aryl methyl sites for hydroxylation is 1. The monoisotopic (exact) mass is 478 g/mol. The molecule has 0 saturated heterocycles. The number of azo groups is 1. The zero-order valence-corrected chi connectivity index (χ0v) is 19.3. The van der Waals surface area contributed by atoms with Crippen molar-refractivity contribution in [3.63, 3.8) is 0 Å². The third-order valence-electron chi connectivity index (χ3n) is 5.28. The summed E-state index contributed by atoms with van der Waals surface area (Å²) in [5.74, 6) is -0.414. The number of nitrogens with zero attached hydrogens (tertiary/aromatic N) is 4. The van der Waals surface area contributed by atoms with Crippen LogP contribution in [0.2, 0.25) is 0 Å². The van der Waals surface area contributed by atoms with Crippen LogP contribution in [0.15, 0.2) is 94.0 Å². The van der Waals surface area contributed by atoms with Gasteiger partial charge in [-0.1, -0.05) is 36.4 Å². The van der Waals surface area contributed by atoms with Gasteiger partial charge in [-0.05, 0) is 42.5 Å². The van der Waals surface area contributed by atoms with Gasteiger partial charge in [0.25, 0.3) is 15.9 Å². The van der Waals surface area contributed by atoms with Crippen molar-refractivity contribution in [2.45, 2.75) is 4.90 Å². The molecule has 34 heavy (non-hydrogen) atoms. The zero-order valence-electron chi connectivity index (χ0n) is 18.5. The lowest BCUT2D eigenvalue weighted by atomic mass is 10.2. The topological polar surface area (TPSA) is 114 Å². The highest BCUT2D eigenvalue weighted by Gasteiger charge is 2.27. The second-order valence-electron chi connectivity index (χ2n) is 7.36. The van der Waals surface area contributed by atoms with Crippen LogP contribution in [0.25, 0.3) is 10.9 Å². The Morgan fingerprint density at radius 2 is 1.65 bits per heavy atom. The molecule has 0 saturated carbocycles. The summed E-state index contributed by atoms with van der Waals surface area (Å²) in [7, 11) is -0.911. The summed E-state index contributed by atoms with van der Waals surface area (Å²) in [5.41, 5.74) is 1.11. The minimum Gasteiger partial charge on any atom is -0.497 e. The Morgan fingerprint density at radius 1 is 1.00 bits per heavy atom. The number of sulfonamides is 1. The largest absolute Gasteiger partial charge is 0.497 e. The lowest BCUT2D eigenvalue weighted by Crippen LogP contribution is -2.35. The van der Waals surface area contributed by atoms with E-state index in [0.717, 1.165) is 4.31 Å². The third-order valence-corrected chi connectivity index (χ3v) is 7.07. The lowest BCUT2D eigenvalue weighted by Gasteiger charge is -2.23. The van der Waals surface area contributed by atoms with E-state index in [1.165, 1.54) is 23.8 Å². The maximum Gasteiger partial charge on any atom is 0.285 e. The minimum atomic E-state index is -4.07. The molecule has 1 N–H and O–H groups in total. The summed E-state index contributed by atoms with van der Waals surface area (Å²) in [5, 5.41) is 18.7. The highest BCUT2D eigenvalue weighted by Crippen LogP contribution is 2.37. The summed E-state index contributed by atoms with van der Waals surface area (Å²) in [4.78, 5) is 12.8. The molecule has 0 aliphatic carbocycles. The van der Waals surface area contributed by atoms with Gasteiger partial charge in [-0.2, -0.15) is 0 Å². The summed E-state index contributed by atoms with van der Waals surface area (Å²) in [6.07, 6.45) is 0. The van der Waals surface area contributed by atoms with E-state index in [4.69, 9.17) is 4.74 Å². The predicted molar refractivity (Wildman–Crippen MR) is 128 cm³/mol. The molecule has 9 nitrogen and oxygen atoms in total. The zero-order chi connectivity index (χ0) is 24.3. The van der Waals surface area contributed by atoms with Gasteiger partial charge in [0.05, 0.1) is 23.2 Å². The number of carbonyl (C=O) groups excluding carboxylic acids is 1. The van der Waals surface area contributed by atoms with Crippen LogP contribution in [0.4, 0.5) is 11.4 Å². The lowest BCUT2D eigenvalue weighted by molar-refractivity contribution is -0.116. The molecule has 4 rings (SSSR count). The molecule has 1 aromatic heterocycles. The van der Waals surface area contributed by atoms with E-state index in [1.54, 1.807) is 67.7 Å². The first-order valence-corrected chi connectivity index (χ1v) is 11.7. The Bertz CT molecular complexity index is 1460. The van der Waals surface area contributed by atoms with E-state index in [9.17, 15) is 18.3 Å². The number of hydrogen-bond donors (Lipinski definition) is 1. The number of anilines is 1. The van der Waals surface area contributed by atoms with Crippen molar-refractivity contribution in [2.75, 3.05) is 18.0 Å². The molecule has 4 aromatic rings. The molecular formula is C24H22N4O5S. The van der Waals surface area contributed by atoms with Crippen LogP contribution in [0.1, 0.15) is 0 Å². The quantitative estimate of drug-likeness (QED) is 0.396. The summed E-state index contributed by atoms with van der Waals surface area (Å²) in [6, 6.07) is 21.2. The van der Waals surface area contributed by atoms with Gasteiger partial charge in [-0.15, -0.1) is 10.2 Å². The van der Waals surface area contributed by atoms with E-state index in [0.29, 0.717) is 16.7 Å². The molecule has 0 aliphatic rings. The number of rotatable bonds is 7. The number of para-hydroxylation sites is 1. The first kappa shape index (κ1) is 23.0. The Labute approximate surface area is 196 Å². The summed E-state index contributed by atoms with van der Waals surface area (Å²) in [6.45, 7) is -0.585. The third kappa shape index (κ3) is 4.35. The van der Waals surface area contributed by atoms with Crippen LogP contribution >= 0.6 is 0 Å². The molecule has 0 fully saturated rings. The van der Waals surface area contributed by atoms with Crippen molar-refractivity contribution in [1.82, 2.24) is 4.57 Å². The number of fused-ring (bicyclic) bond motifs is 1. The van der Waals surface area contributed by atoms with Gasteiger partial charge in [-0.25, -0.2) is 8.42 Å². The van der Waals surface area contributed by atoms with Gasteiger partial charge in [0, 0.05) is 12.4 Å². The average molecular weight is 479 g/mol. The summed E-state index contributed by atoms with van der Waals surface area (Å²) >= 11 is 0. The first-order chi connectivity index (χ1) is 16.3. The van der Waals surface area contributed by atoms with Crippen molar-refractivity contribution in [1.29, 1.82) is 0 Å². The molecule has 0 unspecified atom stereocenters. The number of aromatic hydroxyl groups is 1. The van der Waals surface area contributed by atoms with E-state index >= 15 is 0 Å². The number of aromatic nitrogens is 1. The molecular weight excluding hydrogens is 456 g/mol. The molecule has 0 aliphatic heterocycles. The van der Waals surface area contributed by atoms with Crippen LogP contribution in [0, 0.1) is 0 Å². The Hall–Kier alpha value is -4.18. The number of carbonyl (C=O) groups is 1. The molecule has 0 bridgehead atoms. The Morgan fingerprint density at radius 3 is 2.32 bits per heavy atom. The van der Waals surface area contributed by atoms with Crippen LogP contribution in [-0.4, -0.2) is 37.7 Å². The minimum absolute atomic E-state index is 0.0299. The van der Waals surface area contributed by atoms with Gasteiger partial charge in [0.15, 0.2) is 5.69 Å². The van der Waals surface area contributed by atoms with E-state index in [1.807, 2.05) is 6.07 Å². The number of benzene rings is 3. The Kier molecular flexibility index (Phi) is 6.33. The molecule has 3 aromatic carbocycles. The molecule has 0 spiro atoms. The number of methoxy groups -OCH3 is 1. The fourth-order valence-corrected chi connectivity index (χ4v) is 4.94. The molecule has 1 heterocycles. The van der Waals surface area contributed by atoms with E-state index in [-0.39, 0.29) is 22.2 Å². The number of hydrogen-bond acceptors (Lipinski definition) is 6. The van der Waals surface area contributed by atoms with Crippen molar-refractivity contribution in [2.24, 2.45) is 17.3 Å². The smallest absolute Gasteiger partial charge is 0.285 e. The SMILES string of the molecule is COc1ccc(N(CC(=O)N=Nc2c(O)n(C)c3ccccc23)S(=O)(=O)c2ccccc2)cc1. The predicted octanol–water partition coefficient (Wildman–Crippen LogP) is 4.40. The highest BCUT2D eigenvalue weighted by molar-refractivity contribution is 7.92. The molecule has 1 amide bonds. The fourth-order valence-electron chi connectivity index (χ4n) is 3.50. The average Bonchev–Trinajstić information content (AvgIpc) is 3.11. The van der Waals surface area contributed by atoms with E-state index in [2.05, 4.69) is 10.2 Å². The van der Waals surface area contributed by atoms with Crippen LogP contribution in [-0.2, 0) is 21.9 Å². The van der Waals surface area contributed by atoms with Gasteiger partial charge in [-0.3, -0.25) is 9.10 Å². The van der Waals surface area contributed by atoms with Crippen molar-refractivity contribution in [3.8, 4) is 11.6 Å². The van der Waals surface area contributed by atoms with Crippen molar-refractivity contribution in [3.05, 3.63) is 78.9 Å². The number of ether oxygens (including phenoxy) is 1. The van der Waals surface area contributed by atoms with Gasteiger partial charge < -0.3 is 14.4 Å². The molecule has 0 atom stereocenters. The standard InChI is InChI=1S/C24H22N4O5S/c1-27-21-11-7-6-10-20(21)23(24(27)30)26-25-22(29)16-28(17-12-14-18(33-2)15-13-17)34(31,32)19-8-4-3-5-9-19/h3-15,30H,16H2,1-2H3. The Balaban J connectivity index is 1.68. The highest BCUT2D eigenvalue weighted by atomic mass is 32.2. The maximum atomic E-state index is 13.4. The van der Waals surface area contributed by atoms with Crippen LogP contribution < -0.4 is 9.04 Å².